The lowest BCUT2D eigenvalue weighted by atomic mass is 10.1. The zero-order valence-electron chi connectivity index (χ0n) is 16.1. The van der Waals surface area contributed by atoms with E-state index in [0.29, 0.717) is 5.02 Å². The van der Waals surface area contributed by atoms with E-state index in [4.69, 9.17) is 16.6 Å². The molecule has 0 radical (unpaired) electrons. The van der Waals surface area contributed by atoms with Crippen molar-refractivity contribution < 1.29 is 5.11 Å². The van der Waals surface area contributed by atoms with Gasteiger partial charge in [-0.2, -0.15) is 0 Å². The van der Waals surface area contributed by atoms with Gasteiger partial charge in [0.2, 0.25) is 5.95 Å². The Morgan fingerprint density at radius 2 is 1.89 bits per heavy atom. The third-order valence-corrected chi connectivity index (χ3v) is 5.18. The minimum Gasteiger partial charge on any atom is -0.508 e. The predicted molar refractivity (Wildman–Crippen MR) is 114 cm³/mol. The number of rotatable bonds is 9. The second-order valence-electron chi connectivity index (χ2n) is 7.06. The summed E-state index contributed by atoms with van der Waals surface area (Å²) in [6, 6.07) is 13.2. The van der Waals surface area contributed by atoms with Crippen molar-refractivity contribution in [2.45, 2.75) is 58.5 Å². The number of aromatic hydroxyl groups is 1. The molecule has 0 aliphatic heterocycles. The van der Waals surface area contributed by atoms with Crippen LogP contribution in [0, 0.1) is 0 Å². The maximum Gasteiger partial charge on any atom is 0.204 e. The fourth-order valence-electron chi connectivity index (χ4n) is 3.43. The van der Waals surface area contributed by atoms with E-state index in [1.165, 1.54) is 25.7 Å². The highest BCUT2D eigenvalue weighted by Crippen LogP contribution is 2.30. The molecule has 1 heterocycles. The van der Waals surface area contributed by atoms with Crippen LogP contribution in [0.3, 0.4) is 0 Å². The molecule has 0 fully saturated rings. The molecule has 5 heteroatoms. The molecule has 1 atom stereocenters. The smallest absolute Gasteiger partial charge is 0.204 e. The third kappa shape index (κ3) is 4.75. The molecule has 0 unspecified atom stereocenters. The topological polar surface area (TPSA) is 50.1 Å². The predicted octanol–water partition coefficient (Wildman–Crippen LogP) is 6.54. The summed E-state index contributed by atoms with van der Waals surface area (Å²) in [7, 11) is 0. The van der Waals surface area contributed by atoms with Crippen molar-refractivity contribution in [1.82, 2.24) is 9.55 Å². The number of hydrogen-bond acceptors (Lipinski definition) is 3. The van der Waals surface area contributed by atoms with Gasteiger partial charge in [-0.05, 0) is 43.7 Å². The van der Waals surface area contributed by atoms with Crippen molar-refractivity contribution in [2.75, 3.05) is 5.32 Å². The van der Waals surface area contributed by atoms with Crippen molar-refractivity contribution in [3.8, 4) is 5.75 Å². The molecule has 3 aromatic rings. The van der Waals surface area contributed by atoms with Crippen molar-refractivity contribution in [2.24, 2.45) is 0 Å². The van der Waals surface area contributed by atoms with Crippen LogP contribution in [0.4, 0.5) is 5.95 Å². The molecule has 0 aliphatic rings. The summed E-state index contributed by atoms with van der Waals surface area (Å²) in [5, 5.41) is 14.3. The van der Waals surface area contributed by atoms with Gasteiger partial charge in [0.05, 0.1) is 17.1 Å². The van der Waals surface area contributed by atoms with Gasteiger partial charge in [-0.25, -0.2) is 4.98 Å². The van der Waals surface area contributed by atoms with Crippen LogP contribution in [0.1, 0.15) is 57.6 Å². The molecule has 0 spiro atoms. The standard InChI is InChI=1S/C22H28ClN3O/c1-3-4-5-6-9-14-26-20-11-8-7-10-19(20)25-22(26)24-16(2)18-15-17(23)12-13-21(18)27/h7-8,10-13,15-16,27H,3-6,9,14H2,1-2H3,(H,24,25)/t16-/m0/s1. The van der Waals surface area contributed by atoms with Gasteiger partial charge in [-0.1, -0.05) is 56.3 Å². The van der Waals surface area contributed by atoms with Crippen molar-refractivity contribution in [3.63, 3.8) is 0 Å². The molecule has 1 aromatic heterocycles. The number of aromatic nitrogens is 2. The highest BCUT2D eigenvalue weighted by atomic mass is 35.5. The second-order valence-corrected chi connectivity index (χ2v) is 7.50. The molecular formula is C22H28ClN3O. The Morgan fingerprint density at radius 3 is 2.70 bits per heavy atom. The van der Waals surface area contributed by atoms with Crippen LogP contribution < -0.4 is 5.32 Å². The van der Waals surface area contributed by atoms with E-state index >= 15 is 0 Å². The first kappa shape index (κ1) is 19.6. The summed E-state index contributed by atoms with van der Waals surface area (Å²) in [6.45, 7) is 5.18. The van der Waals surface area contributed by atoms with Crippen molar-refractivity contribution in [3.05, 3.63) is 53.1 Å². The number of aryl methyl sites for hydroxylation is 1. The van der Waals surface area contributed by atoms with Crippen LogP contribution in [0.5, 0.6) is 5.75 Å². The molecule has 0 amide bonds. The average molecular weight is 386 g/mol. The largest absolute Gasteiger partial charge is 0.508 e. The maximum absolute atomic E-state index is 10.2. The van der Waals surface area contributed by atoms with Crippen molar-refractivity contribution >= 4 is 28.6 Å². The molecule has 0 saturated carbocycles. The molecule has 0 bridgehead atoms. The first-order valence-corrected chi connectivity index (χ1v) is 10.2. The quantitative estimate of drug-likeness (QED) is 0.411. The molecule has 3 rings (SSSR count). The van der Waals surface area contributed by atoms with Crippen LogP contribution in [0.2, 0.25) is 5.02 Å². The Bertz CT molecular complexity index is 890. The number of phenolic OH excluding ortho intramolecular Hbond substituents is 1. The molecule has 2 aromatic carbocycles. The van der Waals surface area contributed by atoms with E-state index in [-0.39, 0.29) is 11.8 Å². The molecular weight excluding hydrogens is 358 g/mol. The molecule has 0 aliphatic carbocycles. The van der Waals surface area contributed by atoms with Crippen LogP contribution in [-0.4, -0.2) is 14.7 Å². The van der Waals surface area contributed by atoms with E-state index in [2.05, 4.69) is 22.9 Å². The molecule has 27 heavy (non-hydrogen) atoms. The fourth-order valence-corrected chi connectivity index (χ4v) is 3.61. The Balaban J connectivity index is 1.82. The minimum atomic E-state index is -0.112. The summed E-state index contributed by atoms with van der Waals surface area (Å²) in [4.78, 5) is 4.78. The number of nitrogens with zero attached hydrogens (tertiary/aromatic N) is 2. The highest BCUT2D eigenvalue weighted by molar-refractivity contribution is 6.30. The lowest BCUT2D eigenvalue weighted by molar-refractivity contribution is 0.465. The van der Waals surface area contributed by atoms with Crippen LogP contribution >= 0.6 is 11.6 Å². The number of para-hydroxylation sites is 2. The van der Waals surface area contributed by atoms with E-state index in [0.717, 1.165) is 35.5 Å². The zero-order chi connectivity index (χ0) is 19.2. The monoisotopic (exact) mass is 385 g/mol. The van der Waals surface area contributed by atoms with Crippen LogP contribution in [0.15, 0.2) is 42.5 Å². The molecule has 144 valence electrons. The van der Waals surface area contributed by atoms with Gasteiger partial charge in [0, 0.05) is 17.1 Å². The zero-order valence-corrected chi connectivity index (χ0v) is 16.8. The number of phenols is 1. The van der Waals surface area contributed by atoms with Crippen molar-refractivity contribution in [1.29, 1.82) is 0 Å². The summed E-state index contributed by atoms with van der Waals surface area (Å²) in [5.41, 5.74) is 2.89. The number of benzene rings is 2. The lowest BCUT2D eigenvalue weighted by Crippen LogP contribution is -2.12. The number of hydrogen-bond donors (Lipinski definition) is 2. The fraction of sp³-hybridized carbons (Fsp3) is 0.409. The van der Waals surface area contributed by atoms with Crippen LogP contribution in [-0.2, 0) is 6.54 Å². The Hall–Kier alpha value is -2.20. The molecule has 0 saturated heterocycles. The van der Waals surface area contributed by atoms with Gasteiger partial charge in [0.25, 0.3) is 0 Å². The third-order valence-electron chi connectivity index (χ3n) is 4.94. The Labute approximate surface area is 166 Å². The van der Waals surface area contributed by atoms with E-state index < -0.39 is 0 Å². The number of halogens is 1. The number of imidazole rings is 1. The van der Waals surface area contributed by atoms with Crippen LogP contribution in [0.25, 0.3) is 11.0 Å². The van der Waals surface area contributed by atoms with E-state index in [1.807, 2.05) is 25.1 Å². The van der Waals surface area contributed by atoms with E-state index in [1.54, 1.807) is 18.2 Å². The normalized spacial score (nSPS) is 12.4. The number of nitrogens with one attached hydrogen (secondary N) is 1. The maximum atomic E-state index is 10.2. The summed E-state index contributed by atoms with van der Waals surface area (Å²) < 4.78 is 2.25. The van der Waals surface area contributed by atoms with Gasteiger partial charge in [0.15, 0.2) is 0 Å². The summed E-state index contributed by atoms with van der Waals surface area (Å²) in [5.74, 6) is 1.07. The summed E-state index contributed by atoms with van der Waals surface area (Å²) in [6.07, 6.45) is 6.18. The van der Waals surface area contributed by atoms with Gasteiger partial charge in [0.1, 0.15) is 5.75 Å². The number of fused-ring (bicyclic) bond motifs is 1. The highest BCUT2D eigenvalue weighted by Gasteiger charge is 2.16. The number of anilines is 1. The first-order valence-electron chi connectivity index (χ1n) is 9.80. The SMILES string of the molecule is CCCCCCCn1c(N[C@@H](C)c2cc(Cl)ccc2O)nc2ccccc21. The molecule has 4 nitrogen and oxygen atoms in total. The van der Waals surface area contributed by atoms with E-state index in [9.17, 15) is 5.11 Å². The van der Waals surface area contributed by atoms with Gasteiger partial charge >= 0.3 is 0 Å². The van der Waals surface area contributed by atoms with Gasteiger partial charge in [-0.3, -0.25) is 0 Å². The Morgan fingerprint density at radius 1 is 1.11 bits per heavy atom. The average Bonchev–Trinajstić information content (AvgIpc) is 3.00. The Kier molecular flexibility index (Phi) is 6.62. The van der Waals surface area contributed by atoms with Gasteiger partial charge in [-0.15, -0.1) is 0 Å². The van der Waals surface area contributed by atoms with Gasteiger partial charge < -0.3 is 15.0 Å². The summed E-state index contributed by atoms with van der Waals surface area (Å²) >= 11 is 6.11. The number of unbranched alkanes of at least 4 members (excludes halogenated alkanes) is 4. The molecule has 2 N–H and O–H groups in total. The lowest BCUT2D eigenvalue weighted by Gasteiger charge is -2.18. The first-order chi connectivity index (χ1) is 13.1. The second kappa shape index (κ2) is 9.14. The minimum absolute atomic E-state index is 0.112.